The number of carbonyl (C=O) groups excluding carboxylic acids is 1. The van der Waals surface area contributed by atoms with Crippen LogP contribution < -0.4 is 4.90 Å². The van der Waals surface area contributed by atoms with Crippen LogP contribution in [0, 0.1) is 6.92 Å². The summed E-state index contributed by atoms with van der Waals surface area (Å²) >= 11 is 0. The topological polar surface area (TPSA) is 74.3 Å². The first-order valence-electron chi connectivity index (χ1n) is 8.27. The van der Waals surface area contributed by atoms with Crippen LogP contribution in [0.3, 0.4) is 0 Å². The average molecular weight is 329 g/mol. The van der Waals surface area contributed by atoms with E-state index in [1.165, 1.54) is 0 Å². The predicted molar refractivity (Wildman–Crippen MR) is 91.0 cm³/mol. The number of carbonyl (C=O) groups is 1. The van der Waals surface area contributed by atoms with Crippen LogP contribution in [0.2, 0.25) is 0 Å². The zero-order valence-corrected chi connectivity index (χ0v) is 14.2. The molecule has 0 aromatic carbocycles. The monoisotopic (exact) mass is 329 g/mol. The van der Waals surface area contributed by atoms with Crippen molar-refractivity contribution in [3.05, 3.63) is 41.3 Å². The Kier molecular flexibility index (Phi) is 5.10. The predicted octanol–water partition coefficient (Wildman–Crippen LogP) is 1.61. The molecule has 24 heavy (non-hydrogen) atoms. The van der Waals surface area contributed by atoms with Gasteiger partial charge in [-0.25, -0.2) is 9.78 Å². The van der Waals surface area contributed by atoms with Crippen molar-refractivity contribution in [2.45, 2.75) is 20.4 Å². The molecule has 3 heterocycles. The molecule has 1 fully saturated rings. The molecule has 0 radical (unpaired) electrons. The van der Waals surface area contributed by atoms with Gasteiger partial charge in [0, 0.05) is 44.6 Å². The Labute approximate surface area is 141 Å². The minimum Gasteiger partial charge on any atom is -0.462 e. The Balaban J connectivity index is 1.53. The average Bonchev–Trinajstić information content (AvgIpc) is 3.01. The van der Waals surface area contributed by atoms with E-state index in [1.54, 1.807) is 19.2 Å². The summed E-state index contributed by atoms with van der Waals surface area (Å²) in [6.07, 6.45) is 1.59. The summed E-state index contributed by atoms with van der Waals surface area (Å²) in [5.74, 6) is 0.578. The molecule has 1 saturated heterocycles. The fourth-order valence-electron chi connectivity index (χ4n) is 2.83. The van der Waals surface area contributed by atoms with Crippen LogP contribution in [0.4, 0.5) is 5.82 Å². The van der Waals surface area contributed by atoms with Gasteiger partial charge >= 0.3 is 5.97 Å². The standard InChI is InChI=1S/C17H23N5O2/c1-3-24-17(23)14-4-5-16(18-11-14)22-8-6-21(7-9-22)12-15-10-13(2)19-20-15/h4-5,10-11H,3,6-9,12H2,1-2H3,(H,19,20). The first-order valence-corrected chi connectivity index (χ1v) is 8.27. The van der Waals surface area contributed by atoms with Crippen molar-refractivity contribution < 1.29 is 9.53 Å². The first-order chi connectivity index (χ1) is 11.7. The summed E-state index contributed by atoms with van der Waals surface area (Å²) in [6, 6.07) is 5.75. The molecule has 0 aliphatic carbocycles. The Morgan fingerprint density at radius 1 is 1.29 bits per heavy atom. The van der Waals surface area contributed by atoms with Crippen molar-refractivity contribution in [2.75, 3.05) is 37.7 Å². The van der Waals surface area contributed by atoms with Crippen LogP contribution in [0.5, 0.6) is 0 Å². The number of anilines is 1. The quantitative estimate of drug-likeness (QED) is 0.840. The van der Waals surface area contributed by atoms with Crippen molar-refractivity contribution >= 4 is 11.8 Å². The second-order valence-electron chi connectivity index (χ2n) is 5.93. The molecule has 7 heteroatoms. The third-order valence-electron chi connectivity index (χ3n) is 4.10. The van der Waals surface area contributed by atoms with E-state index in [1.807, 2.05) is 13.0 Å². The molecule has 1 aliphatic heterocycles. The summed E-state index contributed by atoms with van der Waals surface area (Å²) in [7, 11) is 0. The number of esters is 1. The summed E-state index contributed by atoms with van der Waals surface area (Å²) in [6.45, 7) is 8.81. The highest BCUT2D eigenvalue weighted by atomic mass is 16.5. The molecule has 0 spiro atoms. The van der Waals surface area contributed by atoms with E-state index in [4.69, 9.17) is 4.74 Å². The lowest BCUT2D eigenvalue weighted by Gasteiger charge is -2.35. The van der Waals surface area contributed by atoms with Crippen LogP contribution in [-0.2, 0) is 11.3 Å². The number of aryl methyl sites for hydroxylation is 1. The third-order valence-corrected chi connectivity index (χ3v) is 4.10. The molecule has 0 atom stereocenters. The maximum Gasteiger partial charge on any atom is 0.339 e. The maximum atomic E-state index is 11.7. The van der Waals surface area contributed by atoms with Gasteiger partial charge in [-0.2, -0.15) is 5.10 Å². The number of rotatable bonds is 5. The van der Waals surface area contributed by atoms with Gasteiger partial charge < -0.3 is 9.64 Å². The molecule has 0 unspecified atom stereocenters. The zero-order chi connectivity index (χ0) is 16.9. The zero-order valence-electron chi connectivity index (χ0n) is 14.2. The highest BCUT2D eigenvalue weighted by Crippen LogP contribution is 2.15. The summed E-state index contributed by atoms with van der Waals surface area (Å²) < 4.78 is 4.98. The molecule has 2 aromatic heterocycles. The van der Waals surface area contributed by atoms with Gasteiger partial charge in [0.15, 0.2) is 0 Å². The number of hydrogen-bond donors (Lipinski definition) is 1. The molecule has 128 valence electrons. The van der Waals surface area contributed by atoms with E-state index in [9.17, 15) is 4.79 Å². The number of piperazine rings is 1. The van der Waals surface area contributed by atoms with Gasteiger partial charge in [-0.05, 0) is 32.0 Å². The number of nitrogens with one attached hydrogen (secondary N) is 1. The third kappa shape index (κ3) is 3.91. The molecule has 7 nitrogen and oxygen atoms in total. The van der Waals surface area contributed by atoms with E-state index in [2.05, 4.69) is 31.0 Å². The van der Waals surface area contributed by atoms with E-state index >= 15 is 0 Å². The number of aromatic amines is 1. The molecule has 2 aromatic rings. The van der Waals surface area contributed by atoms with Crippen molar-refractivity contribution in [3.8, 4) is 0 Å². The SMILES string of the molecule is CCOC(=O)c1ccc(N2CCN(Cc3cc(C)[nH]n3)CC2)nc1. The molecular weight excluding hydrogens is 306 g/mol. The lowest BCUT2D eigenvalue weighted by atomic mass is 10.2. The van der Waals surface area contributed by atoms with Crippen molar-refractivity contribution in [1.82, 2.24) is 20.1 Å². The largest absolute Gasteiger partial charge is 0.462 e. The van der Waals surface area contributed by atoms with Gasteiger partial charge in [-0.3, -0.25) is 10.00 Å². The Morgan fingerprint density at radius 2 is 2.08 bits per heavy atom. The molecular formula is C17H23N5O2. The van der Waals surface area contributed by atoms with Gasteiger partial charge in [0.2, 0.25) is 0 Å². The Morgan fingerprint density at radius 3 is 2.67 bits per heavy atom. The van der Waals surface area contributed by atoms with Crippen LogP contribution in [0.1, 0.15) is 28.7 Å². The lowest BCUT2D eigenvalue weighted by Crippen LogP contribution is -2.46. The van der Waals surface area contributed by atoms with Gasteiger partial charge in [-0.15, -0.1) is 0 Å². The fraction of sp³-hybridized carbons (Fsp3) is 0.471. The molecule has 1 aliphatic rings. The van der Waals surface area contributed by atoms with Crippen LogP contribution in [0.15, 0.2) is 24.4 Å². The molecule has 1 N–H and O–H groups in total. The summed E-state index contributed by atoms with van der Waals surface area (Å²) in [5, 5.41) is 7.27. The highest BCUT2D eigenvalue weighted by Gasteiger charge is 2.19. The number of H-pyrrole nitrogens is 1. The molecule has 3 rings (SSSR count). The van der Waals surface area contributed by atoms with E-state index < -0.39 is 0 Å². The number of aromatic nitrogens is 3. The Hall–Kier alpha value is -2.41. The number of ether oxygens (including phenoxy) is 1. The minimum atomic E-state index is -0.323. The van der Waals surface area contributed by atoms with E-state index in [-0.39, 0.29) is 5.97 Å². The molecule has 0 bridgehead atoms. The smallest absolute Gasteiger partial charge is 0.339 e. The Bertz CT molecular complexity index is 675. The number of pyridine rings is 1. The number of hydrogen-bond acceptors (Lipinski definition) is 6. The van der Waals surface area contributed by atoms with Crippen molar-refractivity contribution in [1.29, 1.82) is 0 Å². The maximum absolute atomic E-state index is 11.7. The normalized spacial score (nSPS) is 15.5. The van der Waals surface area contributed by atoms with E-state index in [0.29, 0.717) is 12.2 Å². The van der Waals surface area contributed by atoms with E-state index in [0.717, 1.165) is 49.9 Å². The van der Waals surface area contributed by atoms with Gasteiger partial charge in [0.25, 0.3) is 0 Å². The lowest BCUT2D eigenvalue weighted by molar-refractivity contribution is 0.0526. The van der Waals surface area contributed by atoms with Crippen LogP contribution in [-0.4, -0.2) is 58.8 Å². The second kappa shape index (κ2) is 7.44. The highest BCUT2D eigenvalue weighted by molar-refractivity contribution is 5.89. The van der Waals surface area contributed by atoms with Crippen LogP contribution >= 0.6 is 0 Å². The van der Waals surface area contributed by atoms with Gasteiger partial charge in [0.05, 0.1) is 17.9 Å². The van der Waals surface area contributed by atoms with Crippen LogP contribution in [0.25, 0.3) is 0 Å². The first kappa shape index (κ1) is 16.4. The summed E-state index contributed by atoms with van der Waals surface area (Å²) in [4.78, 5) is 20.7. The van der Waals surface area contributed by atoms with Gasteiger partial charge in [-0.1, -0.05) is 0 Å². The second-order valence-corrected chi connectivity index (χ2v) is 5.93. The number of nitrogens with zero attached hydrogens (tertiary/aromatic N) is 4. The fourth-order valence-corrected chi connectivity index (χ4v) is 2.83. The molecule has 0 saturated carbocycles. The minimum absolute atomic E-state index is 0.323. The van der Waals surface area contributed by atoms with Crippen molar-refractivity contribution in [2.24, 2.45) is 0 Å². The van der Waals surface area contributed by atoms with Gasteiger partial charge in [0.1, 0.15) is 5.82 Å². The molecule has 0 amide bonds. The summed E-state index contributed by atoms with van der Waals surface area (Å²) in [5.41, 5.74) is 2.67. The van der Waals surface area contributed by atoms with Crippen molar-refractivity contribution in [3.63, 3.8) is 0 Å².